The molecule has 6 nitrogen and oxygen atoms in total. The summed E-state index contributed by atoms with van der Waals surface area (Å²) in [5, 5.41) is 23.2. The van der Waals surface area contributed by atoms with Crippen molar-refractivity contribution in [2.45, 2.75) is 69.6 Å². The molecule has 1 aliphatic heterocycles. The molecule has 1 heterocycles. The minimum absolute atomic E-state index is 0.131. The molecular weight excluding hydrogens is 318 g/mol. The average molecular weight is 345 g/mol. The van der Waals surface area contributed by atoms with Gasteiger partial charge < -0.3 is 15.3 Å². The summed E-state index contributed by atoms with van der Waals surface area (Å²) in [5.74, 6) is 1.05. The molecule has 5 aliphatic rings. The fourth-order valence-corrected chi connectivity index (χ4v) is 6.78. The summed E-state index contributed by atoms with van der Waals surface area (Å²) in [4.78, 5) is 26.3. The summed E-state index contributed by atoms with van der Waals surface area (Å²) in [6, 6.07) is 1.21. The smallest absolute Gasteiger partial charge is 0.246 e. The molecule has 4 bridgehead atoms. The molecule has 4 saturated carbocycles. The minimum atomic E-state index is -0.680. The van der Waals surface area contributed by atoms with Crippen LogP contribution in [0.1, 0.15) is 51.9 Å². The van der Waals surface area contributed by atoms with Crippen LogP contribution in [-0.4, -0.2) is 46.6 Å². The lowest BCUT2D eigenvalue weighted by atomic mass is 9.46. The Morgan fingerprint density at radius 2 is 2.00 bits per heavy atom. The van der Waals surface area contributed by atoms with Crippen molar-refractivity contribution in [3.63, 3.8) is 0 Å². The number of aliphatic hydroxyl groups is 1. The van der Waals surface area contributed by atoms with E-state index in [4.69, 9.17) is 0 Å². The monoisotopic (exact) mass is 345 g/mol. The fourth-order valence-electron chi connectivity index (χ4n) is 6.78. The molecule has 2 N–H and O–H groups in total. The summed E-state index contributed by atoms with van der Waals surface area (Å²) < 4.78 is 0. The van der Waals surface area contributed by atoms with Crippen molar-refractivity contribution in [2.75, 3.05) is 6.54 Å². The van der Waals surface area contributed by atoms with Crippen LogP contribution in [0.3, 0.4) is 0 Å². The van der Waals surface area contributed by atoms with Gasteiger partial charge in [-0.3, -0.25) is 9.59 Å². The van der Waals surface area contributed by atoms with Crippen molar-refractivity contribution in [3.05, 3.63) is 0 Å². The van der Waals surface area contributed by atoms with Crippen LogP contribution < -0.4 is 5.32 Å². The quantitative estimate of drug-likeness (QED) is 0.749. The Morgan fingerprint density at radius 1 is 1.32 bits per heavy atom. The van der Waals surface area contributed by atoms with Gasteiger partial charge in [-0.25, -0.2) is 0 Å². The Bertz CT molecular complexity index is 614. The second-order valence-electron chi connectivity index (χ2n) is 9.24. The van der Waals surface area contributed by atoms with Crippen molar-refractivity contribution in [1.29, 1.82) is 5.26 Å². The number of hydrogen-bond acceptors (Lipinski definition) is 4. The topological polar surface area (TPSA) is 93.4 Å². The maximum Gasteiger partial charge on any atom is 0.246 e. The van der Waals surface area contributed by atoms with Gasteiger partial charge in [-0.2, -0.15) is 5.26 Å². The summed E-state index contributed by atoms with van der Waals surface area (Å²) in [5.41, 5.74) is -1.04. The van der Waals surface area contributed by atoms with E-state index in [1.54, 1.807) is 4.90 Å². The number of carbonyl (C=O) groups excluding carboxylic acids is 2. The molecule has 2 amide bonds. The van der Waals surface area contributed by atoms with E-state index in [0.717, 1.165) is 32.1 Å². The highest BCUT2D eigenvalue weighted by atomic mass is 16.3. The first kappa shape index (κ1) is 16.8. The first-order valence-electron chi connectivity index (χ1n) is 9.50. The van der Waals surface area contributed by atoms with Crippen LogP contribution in [0, 0.1) is 34.5 Å². The summed E-state index contributed by atoms with van der Waals surface area (Å²) in [6.45, 7) is 2.62. The molecule has 3 unspecified atom stereocenters. The lowest BCUT2D eigenvalue weighted by Gasteiger charge is -2.62. The lowest BCUT2D eigenvalue weighted by molar-refractivity contribution is -0.180. The van der Waals surface area contributed by atoms with Crippen molar-refractivity contribution in [1.82, 2.24) is 10.2 Å². The van der Waals surface area contributed by atoms with Gasteiger partial charge in [0.2, 0.25) is 12.3 Å². The van der Waals surface area contributed by atoms with E-state index in [-0.39, 0.29) is 11.3 Å². The van der Waals surface area contributed by atoms with E-state index in [0.29, 0.717) is 43.6 Å². The van der Waals surface area contributed by atoms with Gasteiger partial charge in [-0.1, -0.05) is 6.92 Å². The minimum Gasteiger partial charge on any atom is -0.390 e. The van der Waals surface area contributed by atoms with Crippen molar-refractivity contribution in [3.8, 4) is 6.07 Å². The highest BCUT2D eigenvalue weighted by molar-refractivity contribution is 5.85. The Hall–Kier alpha value is -1.61. The van der Waals surface area contributed by atoms with E-state index in [2.05, 4.69) is 11.4 Å². The highest BCUT2D eigenvalue weighted by Gasteiger charge is 2.61. The second kappa shape index (κ2) is 5.70. The van der Waals surface area contributed by atoms with Gasteiger partial charge in [0, 0.05) is 12.0 Å². The predicted molar refractivity (Wildman–Crippen MR) is 89.9 cm³/mol. The molecule has 5 rings (SSSR count). The van der Waals surface area contributed by atoms with E-state index >= 15 is 0 Å². The summed E-state index contributed by atoms with van der Waals surface area (Å²) >= 11 is 0. The number of nitrogens with zero attached hydrogens (tertiary/aromatic N) is 2. The third-order valence-corrected chi connectivity index (χ3v) is 7.11. The van der Waals surface area contributed by atoms with Crippen molar-refractivity contribution >= 4 is 12.3 Å². The maximum atomic E-state index is 13.3. The number of amides is 2. The molecule has 5 atom stereocenters. The van der Waals surface area contributed by atoms with Crippen LogP contribution >= 0.6 is 0 Å². The zero-order valence-electron chi connectivity index (χ0n) is 14.8. The van der Waals surface area contributed by atoms with Gasteiger partial charge in [0.25, 0.3) is 0 Å². The van der Waals surface area contributed by atoms with E-state index in [1.807, 2.05) is 6.92 Å². The Kier molecular flexibility index (Phi) is 3.84. The van der Waals surface area contributed by atoms with Gasteiger partial charge in [0.15, 0.2) is 0 Å². The first-order chi connectivity index (χ1) is 11.9. The molecule has 1 saturated heterocycles. The third kappa shape index (κ3) is 2.64. The Labute approximate surface area is 148 Å². The number of carbonyl (C=O) groups is 2. The van der Waals surface area contributed by atoms with Gasteiger partial charge in [-0.05, 0) is 62.7 Å². The fraction of sp³-hybridized carbons (Fsp3) is 0.842. The molecule has 0 aromatic rings. The largest absolute Gasteiger partial charge is 0.390 e. The molecule has 4 aliphatic carbocycles. The standard InChI is InChI=1S/C19H27N3O3/c1-12-2-15(8-20)22(9-12)17(24)16(21-11-23)18-4-13-3-14(5-18)7-19(25,6-13)10-18/h11-16,25H,2-7,9-10H2,1H3,(H,21,23)/t12?,13?,14?,15-,16+,18?,19?/m0/s1. The van der Waals surface area contributed by atoms with E-state index < -0.39 is 17.7 Å². The lowest BCUT2D eigenvalue weighted by Crippen LogP contribution is -2.65. The number of likely N-dealkylation sites (tertiary alicyclic amines) is 1. The van der Waals surface area contributed by atoms with Crippen LogP contribution in [0.4, 0.5) is 0 Å². The van der Waals surface area contributed by atoms with Crippen molar-refractivity contribution < 1.29 is 14.7 Å². The zero-order valence-corrected chi connectivity index (χ0v) is 14.8. The van der Waals surface area contributed by atoms with E-state index in [1.165, 1.54) is 0 Å². The zero-order chi connectivity index (χ0) is 17.8. The second-order valence-corrected chi connectivity index (χ2v) is 9.24. The molecule has 6 heteroatoms. The van der Waals surface area contributed by atoms with Crippen molar-refractivity contribution in [2.24, 2.45) is 23.2 Å². The van der Waals surface area contributed by atoms with Crippen LogP contribution in [0.15, 0.2) is 0 Å². The first-order valence-corrected chi connectivity index (χ1v) is 9.50. The molecule has 0 radical (unpaired) electrons. The molecule has 0 aromatic carbocycles. The summed E-state index contributed by atoms with van der Waals surface area (Å²) in [6.07, 6.45) is 6.47. The van der Waals surface area contributed by atoms with Gasteiger partial charge in [-0.15, -0.1) is 0 Å². The SMILES string of the molecule is CC1C[C@@H](C#N)N(C(=O)[C@@H](NC=O)C23CC4CC(CC(O)(C4)C2)C3)C1. The molecular formula is C19H27N3O3. The maximum absolute atomic E-state index is 13.3. The van der Waals surface area contributed by atoms with Crippen LogP contribution in [0.25, 0.3) is 0 Å². The van der Waals surface area contributed by atoms with E-state index in [9.17, 15) is 20.0 Å². The third-order valence-electron chi connectivity index (χ3n) is 7.11. The molecule has 25 heavy (non-hydrogen) atoms. The summed E-state index contributed by atoms with van der Waals surface area (Å²) in [7, 11) is 0. The number of rotatable bonds is 4. The molecule has 0 spiro atoms. The van der Waals surface area contributed by atoms with Gasteiger partial charge >= 0.3 is 0 Å². The Balaban J connectivity index is 1.64. The molecule has 0 aromatic heterocycles. The van der Waals surface area contributed by atoms with Crippen LogP contribution in [0.2, 0.25) is 0 Å². The molecule has 136 valence electrons. The number of nitriles is 1. The normalized spacial score (nSPS) is 45.9. The van der Waals surface area contributed by atoms with Gasteiger partial charge in [0.05, 0.1) is 11.7 Å². The van der Waals surface area contributed by atoms with Crippen LogP contribution in [0.5, 0.6) is 0 Å². The Morgan fingerprint density at radius 3 is 2.56 bits per heavy atom. The molecule has 5 fully saturated rings. The number of nitrogens with one attached hydrogen (secondary N) is 1. The predicted octanol–water partition coefficient (Wildman–Crippen LogP) is 1.19. The van der Waals surface area contributed by atoms with Gasteiger partial charge in [0.1, 0.15) is 12.1 Å². The highest BCUT2D eigenvalue weighted by Crippen LogP contribution is 2.63. The van der Waals surface area contributed by atoms with Crippen LogP contribution in [-0.2, 0) is 9.59 Å². The average Bonchev–Trinajstić information content (AvgIpc) is 2.90. The number of hydrogen-bond donors (Lipinski definition) is 2.